The normalized spacial score (nSPS) is 46.8. The van der Waals surface area contributed by atoms with Crippen LogP contribution in [-0.2, 0) is 4.74 Å². The van der Waals surface area contributed by atoms with Gasteiger partial charge in [0.05, 0.1) is 11.7 Å². The van der Waals surface area contributed by atoms with Crippen LogP contribution in [0.3, 0.4) is 0 Å². The van der Waals surface area contributed by atoms with Crippen molar-refractivity contribution >= 4 is 7.85 Å². The van der Waals surface area contributed by atoms with Gasteiger partial charge in [0, 0.05) is 25.1 Å². The molecule has 0 aromatic rings. The predicted octanol–water partition coefficient (Wildman–Crippen LogP) is 2.27. The Hall–Kier alpha value is -0.0551. The zero-order valence-electron chi connectivity index (χ0n) is 13.1. The Kier molecular flexibility index (Phi) is 3.63. The highest BCUT2D eigenvalue weighted by molar-refractivity contribution is 6.14. The number of nitrogens with zero attached hydrogens (tertiary/aromatic N) is 1. The van der Waals surface area contributed by atoms with Gasteiger partial charge in [-0.05, 0) is 43.9 Å². The van der Waals surface area contributed by atoms with E-state index in [-0.39, 0.29) is 11.5 Å². The van der Waals surface area contributed by atoms with Crippen LogP contribution in [0.4, 0.5) is 0 Å². The Labute approximate surface area is 129 Å². The first-order valence-electron chi connectivity index (χ1n) is 9.01. The van der Waals surface area contributed by atoms with Crippen molar-refractivity contribution in [2.45, 2.75) is 69.5 Å². The van der Waals surface area contributed by atoms with Gasteiger partial charge >= 0.3 is 0 Å². The molecule has 0 spiro atoms. The standard InChI is InChI=1S/C17H28BNO2/c18-17(20,19-11-13-5-4-6-14(13)12-19)16-8-3-1-2-7-15(16)21-10-9-16/h13-15,20H,1-12H2. The lowest BCUT2D eigenvalue weighted by atomic mass is 9.60. The molecule has 2 saturated carbocycles. The monoisotopic (exact) mass is 289 g/mol. The maximum atomic E-state index is 11.4. The fourth-order valence-corrected chi connectivity index (χ4v) is 5.73. The molecular weight excluding hydrogens is 261 g/mol. The Morgan fingerprint density at radius 2 is 1.76 bits per heavy atom. The molecule has 0 aromatic heterocycles. The molecule has 0 aromatic carbocycles. The fourth-order valence-electron chi connectivity index (χ4n) is 5.73. The highest BCUT2D eigenvalue weighted by Crippen LogP contribution is 2.53. The Bertz CT molecular complexity index is 390. The molecule has 2 aliphatic heterocycles. The van der Waals surface area contributed by atoms with E-state index in [1.165, 1.54) is 38.5 Å². The number of aliphatic hydroxyl groups is 1. The quantitative estimate of drug-likeness (QED) is 0.792. The summed E-state index contributed by atoms with van der Waals surface area (Å²) in [6, 6.07) is 0. The van der Waals surface area contributed by atoms with Crippen molar-refractivity contribution in [3.05, 3.63) is 0 Å². The third-order valence-corrected chi connectivity index (χ3v) is 7.01. The van der Waals surface area contributed by atoms with E-state index in [1.54, 1.807) is 0 Å². The number of likely N-dealkylation sites (tertiary alicyclic amines) is 1. The van der Waals surface area contributed by atoms with Crippen molar-refractivity contribution in [3.8, 4) is 0 Å². The van der Waals surface area contributed by atoms with Gasteiger partial charge < -0.3 is 9.84 Å². The zero-order valence-corrected chi connectivity index (χ0v) is 13.1. The van der Waals surface area contributed by atoms with Crippen molar-refractivity contribution < 1.29 is 9.84 Å². The van der Waals surface area contributed by atoms with Gasteiger partial charge in [0.15, 0.2) is 0 Å². The molecular formula is C17H28BNO2. The number of ether oxygens (including phenoxy) is 1. The number of hydrogen-bond acceptors (Lipinski definition) is 3. The van der Waals surface area contributed by atoms with Crippen molar-refractivity contribution in [3.63, 3.8) is 0 Å². The lowest BCUT2D eigenvalue weighted by molar-refractivity contribution is -0.152. The lowest BCUT2D eigenvalue weighted by Crippen LogP contribution is -2.63. The van der Waals surface area contributed by atoms with Gasteiger partial charge in [-0.15, -0.1) is 0 Å². The molecule has 0 amide bonds. The van der Waals surface area contributed by atoms with Gasteiger partial charge in [0.2, 0.25) is 0 Å². The van der Waals surface area contributed by atoms with E-state index in [9.17, 15) is 5.11 Å². The molecule has 5 unspecified atom stereocenters. The highest BCUT2D eigenvalue weighted by atomic mass is 16.5. The SMILES string of the molecule is [B]C(O)(N1CC2CCCC2C1)C12CCCCCC1OCC2. The summed E-state index contributed by atoms with van der Waals surface area (Å²) >= 11 is 0. The first-order valence-corrected chi connectivity index (χ1v) is 9.01. The second-order valence-electron chi connectivity index (χ2n) is 7.95. The largest absolute Gasteiger partial charge is 0.384 e. The predicted molar refractivity (Wildman–Crippen MR) is 83.0 cm³/mol. The second-order valence-corrected chi connectivity index (χ2v) is 7.95. The molecule has 4 heteroatoms. The number of hydrogen-bond donors (Lipinski definition) is 1. The van der Waals surface area contributed by atoms with Crippen molar-refractivity contribution in [2.75, 3.05) is 19.7 Å². The van der Waals surface area contributed by atoms with Crippen LogP contribution in [0, 0.1) is 17.3 Å². The zero-order chi connectivity index (χ0) is 14.5. The minimum atomic E-state index is -1.18. The number of fused-ring (bicyclic) bond motifs is 2. The summed E-state index contributed by atoms with van der Waals surface area (Å²) in [4.78, 5) is 2.22. The third-order valence-electron chi connectivity index (χ3n) is 7.01. The van der Waals surface area contributed by atoms with E-state index in [0.717, 1.165) is 50.8 Å². The summed E-state index contributed by atoms with van der Waals surface area (Å²) in [5, 5.41) is 11.4. The number of rotatable bonds is 2. The Morgan fingerprint density at radius 3 is 2.52 bits per heavy atom. The van der Waals surface area contributed by atoms with E-state index >= 15 is 0 Å². The van der Waals surface area contributed by atoms with Crippen LogP contribution in [0.1, 0.15) is 57.8 Å². The molecule has 4 fully saturated rings. The third kappa shape index (κ3) is 2.13. The van der Waals surface area contributed by atoms with E-state index < -0.39 is 5.62 Å². The molecule has 2 radical (unpaired) electrons. The molecule has 116 valence electrons. The molecule has 5 atom stereocenters. The molecule has 2 heterocycles. The van der Waals surface area contributed by atoms with Gasteiger partial charge in [-0.2, -0.15) is 0 Å². The summed E-state index contributed by atoms with van der Waals surface area (Å²) in [6.07, 6.45) is 10.8. The highest BCUT2D eigenvalue weighted by Gasteiger charge is 2.59. The second kappa shape index (κ2) is 5.24. The van der Waals surface area contributed by atoms with Crippen molar-refractivity contribution in [1.82, 2.24) is 4.90 Å². The van der Waals surface area contributed by atoms with E-state index in [4.69, 9.17) is 12.6 Å². The van der Waals surface area contributed by atoms with Crippen LogP contribution in [0.25, 0.3) is 0 Å². The van der Waals surface area contributed by atoms with Gasteiger partial charge in [-0.25, -0.2) is 0 Å². The Balaban J connectivity index is 1.60. The van der Waals surface area contributed by atoms with Gasteiger partial charge in [0.25, 0.3) is 0 Å². The molecule has 0 bridgehead atoms. The topological polar surface area (TPSA) is 32.7 Å². The molecule has 1 N–H and O–H groups in total. The maximum Gasteiger partial charge on any atom is 0.136 e. The minimum Gasteiger partial charge on any atom is -0.384 e. The van der Waals surface area contributed by atoms with Crippen LogP contribution in [0.5, 0.6) is 0 Å². The summed E-state index contributed by atoms with van der Waals surface area (Å²) in [5.74, 6) is 1.53. The summed E-state index contributed by atoms with van der Waals surface area (Å²) < 4.78 is 6.01. The van der Waals surface area contributed by atoms with E-state index in [0.29, 0.717) is 0 Å². The fraction of sp³-hybridized carbons (Fsp3) is 1.00. The van der Waals surface area contributed by atoms with Crippen LogP contribution in [0.15, 0.2) is 0 Å². The Morgan fingerprint density at radius 1 is 1.00 bits per heavy atom. The summed E-state index contributed by atoms with van der Waals surface area (Å²) in [6.45, 7) is 2.75. The molecule has 3 nitrogen and oxygen atoms in total. The van der Waals surface area contributed by atoms with Crippen molar-refractivity contribution in [1.29, 1.82) is 0 Å². The van der Waals surface area contributed by atoms with Crippen LogP contribution < -0.4 is 0 Å². The molecule has 2 saturated heterocycles. The summed E-state index contributed by atoms with van der Waals surface area (Å²) in [7, 11) is 6.65. The first kappa shape index (κ1) is 14.5. The van der Waals surface area contributed by atoms with Crippen LogP contribution in [-0.4, -0.2) is 49.3 Å². The van der Waals surface area contributed by atoms with Gasteiger partial charge in [-0.1, -0.05) is 25.7 Å². The van der Waals surface area contributed by atoms with Gasteiger partial charge in [0.1, 0.15) is 7.85 Å². The van der Waals surface area contributed by atoms with E-state index in [2.05, 4.69) is 4.90 Å². The lowest BCUT2D eigenvalue weighted by Gasteiger charge is -2.51. The average Bonchev–Trinajstić information content (AvgIpc) is 3.11. The van der Waals surface area contributed by atoms with Gasteiger partial charge in [-0.3, -0.25) is 4.90 Å². The first-order chi connectivity index (χ1) is 10.1. The summed E-state index contributed by atoms with van der Waals surface area (Å²) in [5.41, 5.74) is -1.41. The van der Waals surface area contributed by atoms with Crippen molar-refractivity contribution in [2.24, 2.45) is 17.3 Å². The average molecular weight is 289 g/mol. The van der Waals surface area contributed by atoms with Crippen LogP contribution >= 0.6 is 0 Å². The molecule has 2 aliphatic carbocycles. The van der Waals surface area contributed by atoms with Crippen LogP contribution in [0.2, 0.25) is 0 Å². The maximum absolute atomic E-state index is 11.4. The minimum absolute atomic E-state index is 0.162. The smallest absolute Gasteiger partial charge is 0.136 e. The van der Waals surface area contributed by atoms with E-state index in [1.807, 2.05) is 0 Å². The molecule has 4 aliphatic rings. The molecule has 4 rings (SSSR count). The molecule has 21 heavy (non-hydrogen) atoms.